The zero-order chi connectivity index (χ0) is 23.0. The number of hydrogen-bond acceptors (Lipinski definition) is 6. The molecule has 2 aliphatic heterocycles. The van der Waals surface area contributed by atoms with E-state index in [2.05, 4.69) is 10.6 Å². The maximum atomic E-state index is 12.1. The molecule has 2 aliphatic rings. The fourth-order valence-corrected chi connectivity index (χ4v) is 4.10. The minimum absolute atomic E-state index is 0.0230. The Bertz CT molecular complexity index is 752. The molecule has 0 unspecified atom stereocenters. The molecular weight excluding hydrogens is 412 g/mol. The molecule has 0 spiro atoms. The average Bonchev–Trinajstić information content (AvgIpc) is 3.36. The van der Waals surface area contributed by atoms with Gasteiger partial charge in [0.25, 0.3) is 0 Å². The fourth-order valence-electron chi connectivity index (χ4n) is 4.10. The van der Waals surface area contributed by atoms with Crippen molar-refractivity contribution in [3.63, 3.8) is 0 Å². The Balaban J connectivity index is 1.43. The molecule has 1 aromatic carbocycles. The van der Waals surface area contributed by atoms with E-state index in [0.717, 1.165) is 17.7 Å². The number of aryl methyl sites for hydroxylation is 1. The zero-order valence-corrected chi connectivity index (χ0v) is 19.4. The number of benzene rings is 1. The van der Waals surface area contributed by atoms with E-state index < -0.39 is 11.6 Å². The highest BCUT2D eigenvalue weighted by Crippen LogP contribution is 2.37. The number of ether oxygens (including phenoxy) is 4. The standard InChI is InChI=1S/C24H36N2O6/c1-18(2)25-21(27)5-4-6-22(28)26-20-9-7-19(8-10-20)11-12-24(31-15-16-32-24)17-23(3)29-13-14-30-23/h7-10,18H,4-6,11-17H2,1-3H3,(H,25,27)(H,26,28). The van der Waals surface area contributed by atoms with Gasteiger partial charge in [-0.1, -0.05) is 12.1 Å². The number of rotatable bonds is 11. The molecule has 2 amide bonds. The van der Waals surface area contributed by atoms with E-state index in [0.29, 0.717) is 58.5 Å². The lowest BCUT2D eigenvalue weighted by Crippen LogP contribution is -2.41. The van der Waals surface area contributed by atoms with Gasteiger partial charge >= 0.3 is 0 Å². The largest absolute Gasteiger partial charge is 0.354 e. The Morgan fingerprint density at radius 2 is 1.53 bits per heavy atom. The van der Waals surface area contributed by atoms with Gasteiger partial charge in [-0.15, -0.1) is 0 Å². The van der Waals surface area contributed by atoms with Crippen LogP contribution in [-0.4, -0.2) is 55.9 Å². The van der Waals surface area contributed by atoms with Crippen molar-refractivity contribution in [1.82, 2.24) is 5.32 Å². The molecule has 2 saturated heterocycles. The monoisotopic (exact) mass is 448 g/mol. The first-order valence-electron chi connectivity index (χ1n) is 11.5. The van der Waals surface area contributed by atoms with Crippen LogP contribution in [0.1, 0.15) is 58.4 Å². The van der Waals surface area contributed by atoms with E-state index in [-0.39, 0.29) is 17.9 Å². The van der Waals surface area contributed by atoms with E-state index in [1.54, 1.807) is 0 Å². The van der Waals surface area contributed by atoms with E-state index in [9.17, 15) is 9.59 Å². The molecule has 8 nitrogen and oxygen atoms in total. The number of anilines is 1. The van der Waals surface area contributed by atoms with Gasteiger partial charge < -0.3 is 29.6 Å². The normalized spacial score (nSPS) is 19.2. The molecule has 32 heavy (non-hydrogen) atoms. The fraction of sp³-hybridized carbons (Fsp3) is 0.667. The maximum absolute atomic E-state index is 12.1. The minimum atomic E-state index is -0.701. The highest BCUT2D eigenvalue weighted by molar-refractivity contribution is 5.91. The summed E-state index contributed by atoms with van der Waals surface area (Å²) in [4.78, 5) is 23.8. The summed E-state index contributed by atoms with van der Waals surface area (Å²) in [6.45, 7) is 8.08. The van der Waals surface area contributed by atoms with Crippen molar-refractivity contribution in [2.24, 2.45) is 0 Å². The van der Waals surface area contributed by atoms with Crippen LogP contribution >= 0.6 is 0 Å². The van der Waals surface area contributed by atoms with Crippen LogP contribution in [0.4, 0.5) is 5.69 Å². The number of hydrogen-bond donors (Lipinski definition) is 2. The molecule has 178 valence electrons. The average molecular weight is 449 g/mol. The van der Waals surface area contributed by atoms with Crippen molar-refractivity contribution in [1.29, 1.82) is 0 Å². The smallest absolute Gasteiger partial charge is 0.224 e. The summed E-state index contributed by atoms with van der Waals surface area (Å²) in [5, 5.41) is 5.72. The first kappa shape index (κ1) is 24.6. The molecule has 2 N–H and O–H groups in total. The predicted octanol–water partition coefficient (Wildman–Crippen LogP) is 3.15. The van der Waals surface area contributed by atoms with Crippen molar-refractivity contribution in [3.05, 3.63) is 29.8 Å². The molecule has 0 bridgehead atoms. The Labute approximate surface area is 190 Å². The lowest BCUT2D eigenvalue weighted by Gasteiger charge is -2.34. The molecule has 1 aromatic rings. The first-order valence-corrected chi connectivity index (χ1v) is 11.5. The van der Waals surface area contributed by atoms with Crippen LogP contribution < -0.4 is 10.6 Å². The number of nitrogens with one attached hydrogen (secondary N) is 2. The summed E-state index contributed by atoms with van der Waals surface area (Å²) in [6, 6.07) is 7.90. The molecule has 0 aliphatic carbocycles. The van der Waals surface area contributed by atoms with E-state index >= 15 is 0 Å². The van der Waals surface area contributed by atoms with Gasteiger partial charge in [0, 0.05) is 31.0 Å². The maximum Gasteiger partial charge on any atom is 0.224 e. The third kappa shape index (κ3) is 7.55. The zero-order valence-electron chi connectivity index (χ0n) is 19.4. The van der Waals surface area contributed by atoms with Crippen molar-refractivity contribution in [2.45, 2.75) is 76.9 Å². The quantitative estimate of drug-likeness (QED) is 0.540. The molecule has 2 fully saturated rings. The van der Waals surface area contributed by atoms with E-state index in [1.165, 1.54) is 0 Å². The summed E-state index contributed by atoms with van der Waals surface area (Å²) >= 11 is 0. The Morgan fingerprint density at radius 1 is 0.938 bits per heavy atom. The van der Waals surface area contributed by atoms with Crippen LogP contribution in [0.2, 0.25) is 0 Å². The Hall–Kier alpha value is -2.00. The summed E-state index contributed by atoms with van der Waals surface area (Å²) in [7, 11) is 0. The minimum Gasteiger partial charge on any atom is -0.354 e. The van der Waals surface area contributed by atoms with Gasteiger partial charge in [-0.25, -0.2) is 0 Å². The number of amides is 2. The molecule has 0 aromatic heterocycles. The molecule has 2 heterocycles. The van der Waals surface area contributed by atoms with Gasteiger partial charge in [0.15, 0.2) is 11.6 Å². The molecular formula is C24H36N2O6. The van der Waals surface area contributed by atoms with Crippen molar-refractivity contribution in [2.75, 3.05) is 31.7 Å². The second-order valence-electron chi connectivity index (χ2n) is 8.94. The third-order valence-electron chi connectivity index (χ3n) is 5.59. The van der Waals surface area contributed by atoms with Crippen LogP contribution in [-0.2, 0) is 35.0 Å². The molecule has 3 rings (SSSR count). The molecule has 0 atom stereocenters. The first-order chi connectivity index (χ1) is 15.3. The molecule has 8 heteroatoms. The predicted molar refractivity (Wildman–Crippen MR) is 120 cm³/mol. The van der Waals surface area contributed by atoms with Crippen molar-refractivity contribution in [3.8, 4) is 0 Å². The lowest BCUT2D eigenvalue weighted by molar-refractivity contribution is -0.244. The molecule has 0 radical (unpaired) electrons. The number of carbonyl (C=O) groups is 2. The molecule has 0 saturated carbocycles. The van der Waals surface area contributed by atoms with Crippen LogP contribution in [0.3, 0.4) is 0 Å². The highest BCUT2D eigenvalue weighted by Gasteiger charge is 2.46. The van der Waals surface area contributed by atoms with Gasteiger partial charge in [-0.2, -0.15) is 0 Å². The summed E-state index contributed by atoms with van der Waals surface area (Å²) in [6.07, 6.45) is 3.19. The van der Waals surface area contributed by atoms with Gasteiger partial charge in [0.2, 0.25) is 11.8 Å². The van der Waals surface area contributed by atoms with Gasteiger partial charge in [0.05, 0.1) is 32.8 Å². The van der Waals surface area contributed by atoms with Gasteiger partial charge in [-0.3, -0.25) is 9.59 Å². The second-order valence-corrected chi connectivity index (χ2v) is 8.94. The second kappa shape index (κ2) is 11.2. The van der Waals surface area contributed by atoms with Crippen LogP contribution in [0.25, 0.3) is 0 Å². The lowest BCUT2D eigenvalue weighted by atomic mass is 9.98. The van der Waals surface area contributed by atoms with Crippen LogP contribution in [0.15, 0.2) is 24.3 Å². The van der Waals surface area contributed by atoms with E-state index in [1.807, 2.05) is 45.0 Å². The summed E-state index contributed by atoms with van der Waals surface area (Å²) in [5.74, 6) is -1.49. The topological polar surface area (TPSA) is 95.1 Å². The van der Waals surface area contributed by atoms with Crippen LogP contribution in [0, 0.1) is 0 Å². The Morgan fingerprint density at radius 3 is 2.16 bits per heavy atom. The summed E-state index contributed by atoms with van der Waals surface area (Å²) < 4.78 is 23.4. The van der Waals surface area contributed by atoms with Gasteiger partial charge in [0.1, 0.15) is 0 Å². The summed E-state index contributed by atoms with van der Waals surface area (Å²) in [5.41, 5.74) is 1.87. The van der Waals surface area contributed by atoms with Crippen LogP contribution in [0.5, 0.6) is 0 Å². The highest BCUT2D eigenvalue weighted by atomic mass is 16.8. The van der Waals surface area contributed by atoms with Crippen molar-refractivity contribution >= 4 is 17.5 Å². The Kier molecular flexibility index (Phi) is 8.64. The third-order valence-corrected chi connectivity index (χ3v) is 5.59. The van der Waals surface area contributed by atoms with E-state index in [4.69, 9.17) is 18.9 Å². The number of carbonyl (C=O) groups excluding carboxylic acids is 2. The van der Waals surface area contributed by atoms with Gasteiger partial charge in [-0.05, 0) is 51.3 Å². The van der Waals surface area contributed by atoms with Crippen molar-refractivity contribution < 1.29 is 28.5 Å². The SMILES string of the molecule is CC(C)NC(=O)CCCC(=O)Nc1ccc(CCC2(CC3(C)OCCO3)OCCO2)cc1.